The maximum atomic E-state index is 13.9. The van der Waals surface area contributed by atoms with Crippen LogP contribution >= 0.6 is 0 Å². The Morgan fingerprint density at radius 3 is 2.65 bits per heavy atom. The fourth-order valence-electron chi connectivity index (χ4n) is 2.22. The molecule has 1 aromatic carbocycles. The van der Waals surface area contributed by atoms with E-state index in [0.717, 1.165) is 18.7 Å². The number of benzene rings is 1. The number of hydrogen-bond donors (Lipinski definition) is 1. The highest BCUT2D eigenvalue weighted by Gasteiger charge is 2.11. The second-order valence-electron chi connectivity index (χ2n) is 4.79. The van der Waals surface area contributed by atoms with Crippen LogP contribution in [0, 0.1) is 5.82 Å². The van der Waals surface area contributed by atoms with E-state index in [2.05, 4.69) is 15.2 Å². The van der Waals surface area contributed by atoms with Gasteiger partial charge in [-0.2, -0.15) is 0 Å². The van der Waals surface area contributed by atoms with Gasteiger partial charge in [-0.25, -0.2) is 4.39 Å². The molecule has 0 aliphatic carbocycles. The molecule has 0 atom stereocenters. The molecule has 0 unspecified atom stereocenters. The summed E-state index contributed by atoms with van der Waals surface area (Å²) in [6.45, 7) is 1.37. The van der Waals surface area contributed by atoms with Gasteiger partial charge >= 0.3 is 0 Å². The second kappa shape index (κ2) is 7.01. The van der Waals surface area contributed by atoms with Crippen LogP contribution in [0.15, 0.2) is 42.7 Å². The lowest BCUT2D eigenvalue weighted by Gasteiger charge is -2.23. The van der Waals surface area contributed by atoms with Crippen molar-refractivity contribution in [2.45, 2.75) is 13.0 Å². The van der Waals surface area contributed by atoms with Crippen LogP contribution in [0.25, 0.3) is 0 Å². The first-order chi connectivity index (χ1) is 9.72. The molecule has 0 fully saturated rings. The Morgan fingerprint density at radius 2 is 1.95 bits per heavy atom. The molecule has 4 heteroatoms. The summed E-state index contributed by atoms with van der Waals surface area (Å²) in [5.41, 5.74) is 2.89. The zero-order valence-electron chi connectivity index (χ0n) is 11.9. The third-order valence-corrected chi connectivity index (χ3v) is 3.34. The van der Waals surface area contributed by atoms with Gasteiger partial charge in [-0.05, 0) is 43.3 Å². The van der Waals surface area contributed by atoms with Gasteiger partial charge in [0.25, 0.3) is 0 Å². The average Bonchev–Trinajstić information content (AvgIpc) is 2.48. The van der Waals surface area contributed by atoms with Gasteiger partial charge in [0, 0.05) is 43.8 Å². The van der Waals surface area contributed by atoms with Crippen LogP contribution in [0.5, 0.6) is 0 Å². The van der Waals surface area contributed by atoms with E-state index in [9.17, 15) is 4.39 Å². The first-order valence-electron chi connectivity index (χ1n) is 6.74. The lowest BCUT2D eigenvalue weighted by molar-refractivity contribution is 0.600. The SMILES string of the molecule is CNCc1c(F)cccc1N(C)CCc1ccncc1. The van der Waals surface area contributed by atoms with Crippen LogP contribution < -0.4 is 10.2 Å². The minimum absolute atomic E-state index is 0.160. The fraction of sp³-hybridized carbons (Fsp3) is 0.312. The molecule has 0 bridgehead atoms. The quantitative estimate of drug-likeness (QED) is 0.877. The fourth-order valence-corrected chi connectivity index (χ4v) is 2.22. The minimum atomic E-state index is -0.160. The summed E-state index contributed by atoms with van der Waals surface area (Å²) in [6, 6.07) is 9.24. The zero-order chi connectivity index (χ0) is 14.4. The highest BCUT2D eigenvalue weighted by molar-refractivity contribution is 5.53. The Hall–Kier alpha value is -1.94. The number of anilines is 1. The average molecular weight is 273 g/mol. The molecule has 2 aromatic rings. The van der Waals surface area contributed by atoms with Crippen molar-refractivity contribution in [1.82, 2.24) is 10.3 Å². The van der Waals surface area contributed by atoms with Gasteiger partial charge in [0.05, 0.1) is 0 Å². The highest BCUT2D eigenvalue weighted by Crippen LogP contribution is 2.22. The molecule has 1 heterocycles. The number of pyridine rings is 1. The Balaban J connectivity index is 2.09. The van der Waals surface area contributed by atoms with E-state index >= 15 is 0 Å². The van der Waals surface area contributed by atoms with Crippen molar-refractivity contribution in [2.24, 2.45) is 0 Å². The maximum Gasteiger partial charge on any atom is 0.129 e. The van der Waals surface area contributed by atoms with Crippen molar-refractivity contribution in [2.75, 3.05) is 25.5 Å². The van der Waals surface area contributed by atoms with Crippen LogP contribution in [0.2, 0.25) is 0 Å². The van der Waals surface area contributed by atoms with Gasteiger partial charge in [-0.3, -0.25) is 4.98 Å². The molecular formula is C16H20FN3. The summed E-state index contributed by atoms with van der Waals surface area (Å²) in [7, 11) is 3.82. The van der Waals surface area contributed by atoms with E-state index in [1.165, 1.54) is 11.6 Å². The van der Waals surface area contributed by atoms with E-state index in [-0.39, 0.29) is 5.82 Å². The number of rotatable bonds is 6. The van der Waals surface area contributed by atoms with Crippen molar-refractivity contribution in [1.29, 1.82) is 0 Å². The lowest BCUT2D eigenvalue weighted by atomic mass is 10.1. The van der Waals surface area contributed by atoms with Crippen LogP contribution in [0.1, 0.15) is 11.1 Å². The normalized spacial score (nSPS) is 10.6. The Kier molecular flexibility index (Phi) is 5.07. The van der Waals surface area contributed by atoms with Crippen molar-refractivity contribution in [3.8, 4) is 0 Å². The van der Waals surface area contributed by atoms with E-state index < -0.39 is 0 Å². The number of aromatic nitrogens is 1. The largest absolute Gasteiger partial charge is 0.374 e. The summed E-state index contributed by atoms with van der Waals surface area (Å²) >= 11 is 0. The van der Waals surface area contributed by atoms with E-state index in [1.54, 1.807) is 18.5 Å². The van der Waals surface area contributed by atoms with Crippen molar-refractivity contribution >= 4 is 5.69 Å². The predicted octanol–water partition coefficient (Wildman–Crippen LogP) is 2.62. The topological polar surface area (TPSA) is 28.2 Å². The Labute approximate surface area is 119 Å². The molecule has 106 valence electrons. The van der Waals surface area contributed by atoms with E-state index in [4.69, 9.17) is 0 Å². The number of hydrogen-bond acceptors (Lipinski definition) is 3. The molecular weight excluding hydrogens is 253 g/mol. The number of halogens is 1. The van der Waals surface area contributed by atoms with Crippen LogP contribution in [-0.2, 0) is 13.0 Å². The van der Waals surface area contributed by atoms with Gasteiger partial charge < -0.3 is 10.2 Å². The van der Waals surface area contributed by atoms with Gasteiger partial charge in [0.2, 0.25) is 0 Å². The summed E-state index contributed by atoms with van der Waals surface area (Å²) in [4.78, 5) is 6.10. The monoisotopic (exact) mass is 273 g/mol. The van der Waals surface area contributed by atoms with Crippen LogP contribution in [-0.4, -0.2) is 25.6 Å². The van der Waals surface area contributed by atoms with Gasteiger partial charge in [0.1, 0.15) is 5.82 Å². The lowest BCUT2D eigenvalue weighted by Crippen LogP contribution is -2.23. The molecule has 1 N–H and O–H groups in total. The highest BCUT2D eigenvalue weighted by atomic mass is 19.1. The van der Waals surface area contributed by atoms with E-state index in [1.807, 2.05) is 32.3 Å². The molecule has 0 saturated heterocycles. The molecule has 0 amide bonds. The van der Waals surface area contributed by atoms with Crippen molar-refractivity contribution in [3.63, 3.8) is 0 Å². The number of nitrogens with zero attached hydrogens (tertiary/aromatic N) is 2. The van der Waals surface area contributed by atoms with Crippen LogP contribution in [0.3, 0.4) is 0 Å². The molecule has 0 aliphatic rings. The van der Waals surface area contributed by atoms with Gasteiger partial charge in [0.15, 0.2) is 0 Å². The van der Waals surface area contributed by atoms with Crippen molar-refractivity contribution in [3.05, 3.63) is 59.7 Å². The first-order valence-corrected chi connectivity index (χ1v) is 6.74. The second-order valence-corrected chi connectivity index (χ2v) is 4.79. The molecule has 20 heavy (non-hydrogen) atoms. The molecule has 0 aliphatic heterocycles. The molecule has 3 nitrogen and oxygen atoms in total. The first kappa shape index (κ1) is 14.5. The number of nitrogens with one attached hydrogen (secondary N) is 1. The van der Waals surface area contributed by atoms with Crippen molar-refractivity contribution < 1.29 is 4.39 Å². The standard InChI is InChI=1S/C16H20FN3/c1-18-12-14-15(17)4-3-5-16(14)20(2)11-8-13-6-9-19-10-7-13/h3-7,9-10,18H,8,11-12H2,1-2H3. The molecule has 0 spiro atoms. The summed E-state index contributed by atoms with van der Waals surface area (Å²) in [5, 5.41) is 3.02. The predicted molar refractivity (Wildman–Crippen MR) is 80.4 cm³/mol. The third-order valence-electron chi connectivity index (χ3n) is 3.34. The number of likely N-dealkylation sites (N-methyl/N-ethyl adjacent to an activating group) is 1. The summed E-state index contributed by atoms with van der Waals surface area (Å²) in [6.07, 6.45) is 4.50. The molecule has 0 saturated carbocycles. The summed E-state index contributed by atoms with van der Waals surface area (Å²) < 4.78 is 13.9. The maximum absolute atomic E-state index is 13.9. The molecule has 2 rings (SSSR count). The Morgan fingerprint density at radius 1 is 1.20 bits per heavy atom. The Bertz CT molecular complexity index is 543. The smallest absolute Gasteiger partial charge is 0.129 e. The molecule has 1 aromatic heterocycles. The van der Waals surface area contributed by atoms with Gasteiger partial charge in [-0.1, -0.05) is 6.07 Å². The zero-order valence-corrected chi connectivity index (χ0v) is 11.9. The van der Waals surface area contributed by atoms with Crippen LogP contribution in [0.4, 0.5) is 10.1 Å². The van der Waals surface area contributed by atoms with Gasteiger partial charge in [-0.15, -0.1) is 0 Å². The third kappa shape index (κ3) is 3.54. The van der Waals surface area contributed by atoms with E-state index in [0.29, 0.717) is 12.1 Å². The summed E-state index contributed by atoms with van der Waals surface area (Å²) in [5.74, 6) is -0.160. The minimum Gasteiger partial charge on any atom is -0.374 e. The molecule has 0 radical (unpaired) electrons.